The highest BCUT2D eigenvalue weighted by molar-refractivity contribution is 5.81. The van der Waals surface area contributed by atoms with Gasteiger partial charge in [-0.2, -0.15) is 0 Å². The SMILES string of the molecule is COCCCNc1cc2c(=O)[nH]c(C)nc2cc1F. The van der Waals surface area contributed by atoms with Gasteiger partial charge in [0.05, 0.1) is 16.6 Å². The molecule has 0 bridgehead atoms. The van der Waals surface area contributed by atoms with Crippen LogP contribution in [-0.4, -0.2) is 30.2 Å². The van der Waals surface area contributed by atoms with Gasteiger partial charge in [0.2, 0.25) is 0 Å². The molecule has 2 aromatic rings. The van der Waals surface area contributed by atoms with Gasteiger partial charge in [0.15, 0.2) is 0 Å². The molecule has 0 radical (unpaired) electrons. The molecule has 1 aromatic heterocycles. The van der Waals surface area contributed by atoms with Crippen LogP contribution in [0, 0.1) is 12.7 Å². The lowest BCUT2D eigenvalue weighted by Crippen LogP contribution is -2.12. The Balaban J connectivity index is 2.30. The minimum atomic E-state index is -0.414. The number of H-pyrrole nitrogens is 1. The summed E-state index contributed by atoms with van der Waals surface area (Å²) in [7, 11) is 1.62. The summed E-state index contributed by atoms with van der Waals surface area (Å²) < 4.78 is 18.8. The lowest BCUT2D eigenvalue weighted by molar-refractivity contribution is 0.197. The molecule has 19 heavy (non-hydrogen) atoms. The maximum Gasteiger partial charge on any atom is 0.258 e. The van der Waals surface area contributed by atoms with Crippen LogP contribution in [0.25, 0.3) is 10.9 Å². The van der Waals surface area contributed by atoms with E-state index in [1.165, 1.54) is 12.1 Å². The number of aromatic nitrogens is 2. The summed E-state index contributed by atoms with van der Waals surface area (Å²) in [6.07, 6.45) is 0.760. The molecule has 2 rings (SSSR count). The van der Waals surface area contributed by atoms with Crippen molar-refractivity contribution in [1.82, 2.24) is 9.97 Å². The Labute approximate surface area is 109 Å². The number of aromatic amines is 1. The van der Waals surface area contributed by atoms with Crippen molar-refractivity contribution in [3.63, 3.8) is 0 Å². The molecule has 0 saturated heterocycles. The van der Waals surface area contributed by atoms with Crippen molar-refractivity contribution in [2.45, 2.75) is 13.3 Å². The first-order valence-electron chi connectivity index (χ1n) is 6.05. The van der Waals surface area contributed by atoms with Crippen molar-refractivity contribution in [3.8, 4) is 0 Å². The van der Waals surface area contributed by atoms with E-state index in [0.717, 1.165) is 6.42 Å². The third-order valence-corrected chi connectivity index (χ3v) is 2.75. The van der Waals surface area contributed by atoms with E-state index in [2.05, 4.69) is 15.3 Å². The van der Waals surface area contributed by atoms with Crippen molar-refractivity contribution in [2.75, 3.05) is 25.6 Å². The van der Waals surface area contributed by atoms with E-state index >= 15 is 0 Å². The summed E-state index contributed by atoms with van der Waals surface area (Å²) in [4.78, 5) is 18.5. The van der Waals surface area contributed by atoms with Gasteiger partial charge < -0.3 is 15.0 Å². The number of nitrogens with zero attached hydrogens (tertiary/aromatic N) is 1. The van der Waals surface area contributed by atoms with Crippen molar-refractivity contribution in [3.05, 3.63) is 34.1 Å². The summed E-state index contributed by atoms with van der Waals surface area (Å²) in [6, 6.07) is 2.76. The fourth-order valence-electron chi connectivity index (χ4n) is 1.85. The Morgan fingerprint density at radius 2 is 2.26 bits per heavy atom. The van der Waals surface area contributed by atoms with E-state index in [1.807, 2.05) is 0 Å². The number of halogens is 1. The predicted molar refractivity (Wildman–Crippen MR) is 72.0 cm³/mol. The first-order valence-corrected chi connectivity index (χ1v) is 6.05. The second-order valence-electron chi connectivity index (χ2n) is 4.27. The van der Waals surface area contributed by atoms with Crippen LogP contribution in [0.1, 0.15) is 12.2 Å². The molecule has 0 amide bonds. The molecule has 0 spiro atoms. The number of aryl methyl sites for hydroxylation is 1. The Morgan fingerprint density at radius 3 is 3.00 bits per heavy atom. The van der Waals surface area contributed by atoms with Gasteiger partial charge in [-0.1, -0.05) is 0 Å². The number of rotatable bonds is 5. The lowest BCUT2D eigenvalue weighted by atomic mass is 10.2. The summed E-state index contributed by atoms with van der Waals surface area (Å²) in [5, 5.41) is 3.32. The predicted octanol–water partition coefficient (Wildman–Crippen LogP) is 1.82. The molecule has 6 heteroatoms. The maximum absolute atomic E-state index is 13.8. The standard InChI is InChI=1S/C13H16FN3O2/c1-8-16-11-7-10(14)12(15-4-3-5-19-2)6-9(11)13(18)17-8/h6-7,15H,3-5H2,1-2H3,(H,16,17,18). The third-order valence-electron chi connectivity index (χ3n) is 2.75. The molecule has 0 aliphatic heterocycles. The van der Waals surface area contributed by atoms with Crippen molar-refractivity contribution < 1.29 is 9.13 Å². The van der Waals surface area contributed by atoms with Crippen molar-refractivity contribution >= 4 is 16.6 Å². The smallest absolute Gasteiger partial charge is 0.258 e. The number of benzene rings is 1. The van der Waals surface area contributed by atoms with Gasteiger partial charge >= 0.3 is 0 Å². The van der Waals surface area contributed by atoms with E-state index in [-0.39, 0.29) is 5.56 Å². The van der Waals surface area contributed by atoms with Crippen LogP contribution in [0.2, 0.25) is 0 Å². The van der Waals surface area contributed by atoms with Gasteiger partial charge in [0.1, 0.15) is 11.6 Å². The second kappa shape index (κ2) is 5.79. The number of fused-ring (bicyclic) bond motifs is 1. The zero-order valence-corrected chi connectivity index (χ0v) is 10.9. The van der Waals surface area contributed by atoms with Gasteiger partial charge in [0.25, 0.3) is 5.56 Å². The van der Waals surface area contributed by atoms with E-state index in [1.54, 1.807) is 14.0 Å². The van der Waals surface area contributed by atoms with Crippen molar-refractivity contribution in [1.29, 1.82) is 0 Å². The van der Waals surface area contributed by atoms with Crippen LogP contribution in [0.4, 0.5) is 10.1 Å². The van der Waals surface area contributed by atoms with Crippen molar-refractivity contribution in [2.24, 2.45) is 0 Å². The van der Waals surface area contributed by atoms with E-state index in [0.29, 0.717) is 35.6 Å². The highest BCUT2D eigenvalue weighted by Crippen LogP contribution is 2.19. The average molecular weight is 265 g/mol. The zero-order chi connectivity index (χ0) is 13.8. The van der Waals surface area contributed by atoms with E-state index in [9.17, 15) is 9.18 Å². The highest BCUT2D eigenvalue weighted by atomic mass is 19.1. The second-order valence-corrected chi connectivity index (χ2v) is 4.27. The zero-order valence-electron chi connectivity index (χ0n) is 10.9. The maximum atomic E-state index is 13.8. The fraction of sp³-hybridized carbons (Fsp3) is 0.385. The highest BCUT2D eigenvalue weighted by Gasteiger charge is 2.08. The molecule has 1 aromatic carbocycles. The van der Waals surface area contributed by atoms with Crippen LogP contribution in [-0.2, 0) is 4.74 Å². The minimum absolute atomic E-state index is 0.262. The molecule has 0 aliphatic carbocycles. The molecule has 0 aliphatic rings. The molecular weight excluding hydrogens is 249 g/mol. The number of anilines is 1. The Morgan fingerprint density at radius 1 is 1.47 bits per heavy atom. The molecule has 1 heterocycles. The summed E-state index contributed by atoms with van der Waals surface area (Å²) in [6.45, 7) is 2.84. The summed E-state index contributed by atoms with van der Waals surface area (Å²) in [5.74, 6) is 0.0557. The number of hydrogen-bond donors (Lipinski definition) is 2. The minimum Gasteiger partial charge on any atom is -0.385 e. The first kappa shape index (κ1) is 13.5. The first-order chi connectivity index (χ1) is 9.11. The Kier molecular flexibility index (Phi) is 4.11. The van der Waals surface area contributed by atoms with Gasteiger partial charge in [-0.05, 0) is 19.4 Å². The molecule has 0 unspecified atom stereocenters. The van der Waals surface area contributed by atoms with Crippen LogP contribution in [0.5, 0.6) is 0 Å². The third kappa shape index (κ3) is 3.08. The quantitative estimate of drug-likeness (QED) is 0.809. The van der Waals surface area contributed by atoms with Crippen LogP contribution in [0.15, 0.2) is 16.9 Å². The molecular formula is C13H16FN3O2. The fourth-order valence-corrected chi connectivity index (χ4v) is 1.85. The molecule has 5 nitrogen and oxygen atoms in total. The van der Waals surface area contributed by atoms with Crippen LogP contribution >= 0.6 is 0 Å². The summed E-state index contributed by atoms with van der Waals surface area (Å²) in [5.41, 5.74) is 0.406. The molecule has 0 atom stereocenters. The number of hydrogen-bond acceptors (Lipinski definition) is 4. The van der Waals surface area contributed by atoms with Gasteiger partial charge in [-0.3, -0.25) is 4.79 Å². The Bertz CT molecular complexity index is 640. The molecule has 2 N–H and O–H groups in total. The van der Waals surface area contributed by atoms with E-state index in [4.69, 9.17) is 4.74 Å². The number of ether oxygens (including phenoxy) is 1. The van der Waals surface area contributed by atoms with Gasteiger partial charge in [0, 0.05) is 26.3 Å². The van der Waals surface area contributed by atoms with Gasteiger partial charge in [-0.25, -0.2) is 9.37 Å². The lowest BCUT2D eigenvalue weighted by Gasteiger charge is -2.08. The monoisotopic (exact) mass is 265 g/mol. The molecule has 0 saturated carbocycles. The normalized spacial score (nSPS) is 10.9. The van der Waals surface area contributed by atoms with E-state index < -0.39 is 5.82 Å². The number of methoxy groups -OCH3 is 1. The largest absolute Gasteiger partial charge is 0.385 e. The van der Waals surface area contributed by atoms with Crippen LogP contribution < -0.4 is 10.9 Å². The van der Waals surface area contributed by atoms with Crippen LogP contribution in [0.3, 0.4) is 0 Å². The van der Waals surface area contributed by atoms with Gasteiger partial charge in [-0.15, -0.1) is 0 Å². The molecule has 0 fully saturated rings. The average Bonchev–Trinajstić information content (AvgIpc) is 2.35. The molecule has 102 valence electrons. The summed E-state index contributed by atoms with van der Waals surface area (Å²) >= 11 is 0. The topological polar surface area (TPSA) is 67.0 Å². The Hall–Kier alpha value is -1.95. The number of nitrogens with one attached hydrogen (secondary N) is 2.